The number of aromatic nitrogens is 2. The van der Waals surface area contributed by atoms with Crippen molar-refractivity contribution < 1.29 is 13.9 Å². The van der Waals surface area contributed by atoms with Crippen molar-refractivity contribution in [1.29, 1.82) is 0 Å². The molecule has 3 heterocycles. The number of pyridine rings is 2. The van der Waals surface area contributed by atoms with Gasteiger partial charge in [0.15, 0.2) is 0 Å². The third-order valence-electron chi connectivity index (χ3n) is 5.83. The number of carbonyl (C=O) groups excluding carboxylic acids is 1. The molecule has 0 fully saturated rings. The number of fused-ring (bicyclic) bond motifs is 1. The molecule has 0 saturated carbocycles. The lowest BCUT2D eigenvalue weighted by Gasteiger charge is -2.31. The van der Waals surface area contributed by atoms with Crippen LogP contribution < -0.4 is 20.9 Å². The van der Waals surface area contributed by atoms with Gasteiger partial charge >= 0.3 is 0 Å². The van der Waals surface area contributed by atoms with E-state index in [1.165, 1.54) is 12.1 Å². The zero-order chi connectivity index (χ0) is 25.1. The molecule has 1 aliphatic rings. The number of rotatable bonds is 7. The van der Waals surface area contributed by atoms with Crippen molar-refractivity contribution in [2.24, 2.45) is 0 Å². The SMILES string of the molecule is CC1Cc2cc(=O)[nH]cc2C(CCC(=O)Nc2cc(Cl)c(-c3ccc(OC(C)C)nc3)cc2F)N1. The van der Waals surface area contributed by atoms with E-state index in [-0.39, 0.29) is 41.8 Å². The van der Waals surface area contributed by atoms with Crippen LogP contribution in [-0.2, 0) is 11.2 Å². The van der Waals surface area contributed by atoms with Gasteiger partial charge in [0.2, 0.25) is 17.3 Å². The molecular weight excluding hydrogens is 471 g/mol. The average Bonchev–Trinajstić information content (AvgIpc) is 2.79. The maximum atomic E-state index is 14.8. The number of nitrogens with zero attached hydrogens (tertiary/aromatic N) is 1. The van der Waals surface area contributed by atoms with Crippen LogP contribution in [0, 0.1) is 5.82 Å². The van der Waals surface area contributed by atoms with Gasteiger partial charge in [0.1, 0.15) is 5.82 Å². The van der Waals surface area contributed by atoms with Gasteiger partial charge < -0.3 is 20.4 Å². The van der Waals surface area contributed by atoms with Gasteiger partial charge in [0, 0.05) is 54.2 Å². The van der Waals surface area contributed by atoms with Crippen molar-refractivity contribution in [2.75, 3.05) is 5.32 Å². The second kappa shape index (κ2) is 10.6. The number of benzene rings is 1. The van der Waals surface area contributed by atoms with Crippen LogP contribution in [0.2, 0.25) is 5.02 Å². The first-order chi connectivity index (χ1) is 16.7. The van der Waals surface area contributed by atoms with Crippen LogP contribution in [0.5, 0.6) is 5.88 Å². The smallest absolute Gasteiger partial charge is 0.248 e. The zero-order valence-corrected chi connectivity index (χ0v) is 20.6. The monoisotopic (exact) mass is 498 g/mol. The minimum absolute atomic E-state index is 0.00616. The lowest BCUT2D eigenvalue weighted by atomic mass is 9.90. The van der Waals surface area contributed by atoms with E-state index in [1.54, 1.807) is 30.6 Å². The molecule has 9 heteroatoms. The van der Waals surface area contributed by atoms with Crippen molar-refractivity contribution >= 4 is 23.2 Å². The Bertz CT molecular complexity index is 1280. The van der Waals surface area contributed by atoms with Gasteiger partial charge in [0.25, 0.3) is 0 Å². The van der Waals surface area contributed by atoms with Crippen LogP contribution in [0.3, 0.4) is 0 Å². The second-order valence-corrected chi connectivity index (χ2v) is 9.46. The number of aromatic amines is 1. The van der Waals surface area contributed by atoms with Gasteiger partial charge in [-0.15, -0.1) is 0 Å². The summed E-state index contributed by atoms with van der Waals surface area (Å²) < 4.78 is 20.4. The molecule has 2 atom stereocenters. The summed E-state index contributed by atoms with van der Waals surface area (Å²) in [5.74, 6) is -0.441. The van der Waals surface area contributed by atoms with Crippen LogP contribution in [-0.4, -0.2) is 28.0 Å². The zero-order valence-electron chi connectivity index (χ0n) is 19.8. The maximum absolute atomic E-state index is 14.8. The van der Waals surface area contributed by atoms with Gasteiger partial charge in [-0.2, -0.15) is 0 Å². The average molecular weight is 499 g/mol. The van der Waals surface area contributed by atoms with Crippen molar-refractivity contribution in [2.45, 2.75) is 58.2 Å². The number of hydrogen-bond acceptors (Lipinski definition) is 5. The Morgan fingerprint density at radius 2 is 2.11 bits per heavy atom. The summed E-state index contributed by atoms with van der Waals surface area (Å²) in [6.07, 6.45) is 4.68. The Hall–Kier alpha value is -3.23. The molecular formula is C26H28ClFN4O3. The number of nitrogens with one attached hydrogen (secondary N) is 3. The molecule has 4 rings (SSSR count). The summed E-state index contributed by atoms with van der Waals surface area (Å²) in [6.45, 7) is 5.85. The second-order valence-electron chi connectivity index (χ2n) is 9.05. The number of halogens is 2. The standard InChI is InChI=1S/C26H28ClFN4O3/c1-14(2)35-26-7-4-16(12-30-26)18-10-21(28)23(11-20(18)27)32-24(33)6-5-22-19-13-29-25(34)9-17(19)8-15(3)31-22/h4,7,9-15,22,31H,5-6,8H2,1-3H3,(H,29,34)(H,32,33). The van der Waals surface area contributed by atoms with Crippen molar-refractivity contribution in [1.82, 2.24) is 15.3 Å². The third-order valence-corrected chi connectivity index (χ3v) is 6.14. The Labute approximate surface area is 208 Å². The number of H-pyrrole nitrogens is 1. The molecule has 0 bridgehead atoms. The highest BCUT2D eigenvalue weighted by molar-refractivity contribution is 6.33. The van der Waals surface area contributed by atoms with Gasteiger partial charge in [-0.3, -0.25) is 9.59 Å². The normalized spacial score (nSPS) is 17.2. The molecule has 1 aromatic carbocycles. The molecule has 184 valence electrons. The third kappa shape index (κ3) is 6.07. The lowest BCUT2D eigenvalue weighted by molar-refractivity contribution is -0.116. The van der Waals surface area contributed by atoms with E-state index < -0.39 is 5.82 Å². The molecule has 0 saturated heterocycles. The molecule has 3 aromatic rings. The topological polar surface area (TPSA) is 96.1 Å². The summed E-state index contributed by atoms with van der Waals surface area (Å²) in [7, 11) is 0. The van der Waals surface area contributed by atoms with Crippen molar-refractivity contribution in [3.63, 3.8) is 0 Å². The maximum Gasteiger partial charge on any atom is 0.248 e. The highest BCUT2D eigenvalue weighted by atomic mass is 35.5. The first-order valence-electron chi connectivity index (χ1n) is 11.6. The van der Waals surface area contributed by atoms with E-state index in [1.807, 2.05) is 20.8 Å². The fourth-order valence-electron chi connectivity index (χ4n) is 4.29. The molecule has 2 aromatic heterocycles. The fourth-order valence-corrected chi connectivity index (χ4v) is 4.56. The highest BCUT2D eigenvalue weighted by Crippen LogP contribution is 2.33. The van der Waals surface area contributed by atoms with E-state index in [9.17, 15) is 14.0 Å². The van der Waals surface area contributed by atoms with Crippen LogP contribution >= 0.6 is 11.6 Å². The summed E-state index contributed by atoms with van der Waals surface area (Å²) in [4.78, 5) is 31.2. The van der Waals surface area contributed by atoms with Crippen LogP contribution in [0.4, 0.5) is 10.1 Å². The lowest BCUT2D eigenvalue weighted by Crippen LogP contribution is -2.38. The van der Waals surface area contributed by atoms with Crippen LogP contribution in [0.25, 0.3) is 11.1 Å². The molecule has 3 N–H and O–H groups in total. The quantitative estimate of drug-likeness (QED) is 0.425. The first kappa shape index (κ1) is 24.9. The Morgan fingerprint density at radius 1 is 1.31 bits per heavy atom. The summed E-state index contributed by atoms with van der Waals surface area (Å²) in [5, 5.41) is 6.38. The molecule has 1 amide bonds. The van der Waals surface area contributed by atoms with E-state index >= 15 is 0 Å². The number of anilines is 1. The molecule has 0 spiro atoms. The molecule has 2 unspecified atom stereocenters. The van der Waals surface area contributed by atoms with E-state index in [4.69, 9.17) is 16.3 Å². The fraction of sp³-hybridized carbons (Fsp3) is 0.346. The molecule has 0 aliphatic carbocycles. The Kier molecular flexibility index (Phi) is 7.52. The molecule has 7 nitrogen and oxygen atoms in total. The van der Waals surface area contributed by atoms with E-state index in [0.29, 0.717) is 28.5 Å². The van der Waals surface area contributed by atoms with Crippen LogP contribution in [0.1, 0.15) is 50.8 Å². The molecule has 0 radical (unpaired) electrons. The highest BCUT2D eigenvalue weighted by Gasteiger charge is 2.25. The van der Waals surface area contributed by atoms with E-state index in [0.717, 1.165) is 17.5 Å². The summed E-state index contributed by atoms with van der Waals surface area (Å²) in [5.41, 5.74) is 2.95. The molecule has 1 aliphatic heterocycles. The number of amides is 1. The van der Waals surface area contributed by atoms with Gasteiger partial charge in [-0.25, -0.2) is 9.37 Å². The predicted molar refractivity (Wildman–Crippen MR) is 134 cm³/mol. The predicted octanol–water partition coefficient (Wildman–Crippen LogP) is 5.01. The van der Waals surface area contributed by atoms with Crippen molar-refractivity contribution in [3.8, 4) is 17.0 Å². The summed E-state index contributed by atoms with van der Waals surface area (Å²) in [6, 6.07) is 7.86. The Balaban J connectivity index is 1.42. The minimum atomic E-state index is -0.590. The number of ether oxygens (including phenoxy) is 1. The Morgan fingerprint density at radius 3 is 2.83 bits per heavy atom. The van der Waals surface area contributed by atoms with Gasteiger partial charge in [0.05, 0.1) is 16.8 Å². The first-order valence-corrected chi connectivity index (χ1v) is 12.0. The summed E-state index contributed by atoms with van der Waals surface area (Å²) >= 11 is 6.41. The van der Waals surface area contributed by atoms with Crippen LogP contribution in [0.15, 0.2) is 47.5 Å². The number of carbonyl (C=O) groups is 1. The largest absolute Gasteiger partial charge is 0.475 e. The number of hydrogen-bond donors (Lipinski definition) is 3. The van der Waals surface area contributed by atoms with Gasteiger partial charge in [-0.05, 0) is 62.9 Å². The van der Waals surface area contributed by atoms with Gasteiger partial charge in [-0.1, -0.05) is 11.6 Å². The minimum Gasteiger partial charge on any atom is -0.475 e. The van der Waals surface area contributed by atoms with E-state index in [2.05, 4.69) is 20.6 Å². The molecule has 35 heavy (non-hydrogen) atoms. The van der Waals surface area contributed by atoms with Crippen molar-refractivity contribution in [3.05, 3.63) is 75.0 Å².